The largest absolute Gasteiger partial charge is 0.490 e. The maximum absolute atomic E-state index is 15.0. The first kappa shape index (κ1) is 28.4. The normalized spacial score (nSPS) is 28.8. The Bertz CT molecular complexity index is 1140. The van der Waals surface area contributed by atoms with Gasteiger partial charge >= 0.3 is 35.1 Å². The number of H-pyrrole nitrogens is 1. The standard InChI is InChI=1S/C11H16ClF2N2O14P3/c12-3-2-10(19)6(5-27-32(23,24)30-33(25,26)29-31(20,21)22)28-8(11(10,13)14)16-4-1-7(17)15-9(16)18/h1,4,6,8,19H,2-3,5H2,(H,23,24)(H,25,26)(H,15,17,18)(H2,20,21,22)/t6-,8+,10-/m1/s1. The zero-order valence-electron chi connectivity index (χ0n) is 15.8. The van der Waals surface area contributed by atoms with Gasteiger partial charge in [0.1, 0.15) is 6.10 Å². The van der Waals surface area contributed by atoms with Crippen molar-refractivity contribution in [3.63, 3.8) is 0 Å². The van der Waals surface area contributed by atoms with Crippen LogP contribution in [0.5, 0.6) is 0 Å². The van der Waals surface area contributed by atoms with E-state index in [0.29, 0.717) is 12.3 Å². The summed E-state index contributed by atoms with van der Waals surface area (Å²) in [5, 5.41) is 10.6. The number of phosphoric ester groups is 1. The number of aromatic nitrogens is 2. The van der Waals surface area contributed by atoms with Gasteiger partial charge in [-0.15, -0.1) is 11.6 Å². The zero-order valence-corrected chi connectivity index (χ0v) is 19.2. The van der Waals surface area contributed by atoms with Crippen molar-refractivity contribution in [3.05, 3.63) is 33.1 Å². The van der Waals surface area contributed by atoms with E-state index in [1.807, 2.05) is 0 Å². The molecular weight excluding hydrogens is 550 g/mol. The summed E-state index contributed by atoms with van der Waals surface area (Å²) < 4.78 is 80.3. The summed E-state index contributed by atoms with van der Waals surface area (Å²) in [7, 11) is -17.3. The van der Waals surface area contributed by atoms with Crippen LogP contribution in [0.15, 0.2) is 21.9 Å². The molecule has 0 spiro atoms. The van der Waals surface area contributed by atoms with Crippen LogP contribution in [0.25, 0.3) is 0 Å². The molecule has 0 saturated carbocycles. The molecule has 5 atom stereocenters. The lowest BCUT2D eigenvalue weighted by atomic mass is 9.88. The minimum absolute atomic E-state index is 0.214. The Morgan fingerprint density at radius 3 is 2.27 bits per heavy atom. The van der Waals surface area contributed by atoms with Gasteiger partial charge in [-0.25, -0.2) is 18.5 Å². The summed E-state index contributed by atoms with van der Waals surface area (Å²) in [5.74, 6) is -4.91. The molecule has 22 heteroatoms. The van der Waals surface area contributed by atoms with E-state index in [9.17, 15) is 33.3 Å². The third-order valence-corrected chi connectivity index (χ3v) is 8.09. The van der Waals surface area contributed by atoms with Crippen molar-refractivity contribution in [1.82, 2.24) is 9.55 Å². The van der Waals surface area contributed by atoms with Gasteiger partial charge in [-0.2, -0.15) is 17.4 Å². The lowest BCUT2D eigenvalue weighted by Gasteiger charge is -2.32. The van der Waals surface area contributed by atoms with Crippen LogP contribution in [0.4, 0.5) is 8.78 Å². The first-order chi connectivity index (χ1) is 14.8. The average Bonchev–Trinajstić information content (AvgIpc) is 2.77. The molecule has 33 heavy (non-hydrogen) atoms. The molecule has 16 nitrogen and oxygen atoms in total. The lowest BCUT2D eigenvalue weighted by Crippen LogP contribution is -2.54. The zero-order chi connectivity index (χ0) is 25.5. The Balaban J connectivity index is 2.30. The van der Waals surface area contributed by atoms with E-state index in [1.165, 1.54) is 0 Å². The minimum Gasteiger partial charge on any atom is -0.381 e. The van der Waals surface area contributed by atoms with E-state index in [4.69, 9.17) is 31.0 Å². The van der Waals surface area contributed by atoms with Gasteiger partial charge in [-0.05, 0) is 6.42 Å². The lowest BCUT2D eigenvalue weighted by molar-refractivity contribution is -0.187. The second-order valence-electron chi connectivity index (χ2n) is 6.37. The van der Waals surface area contributed by atoms with Gasteiger partial charge in [0.05, 0.1) is 6.61 Å². The maximum Gasteiger partial charge on any atom is 0.490 e. The number of rotatable bonds is 10. The van der Waals surface area contributed by atoms with E-state index in [1.54, 1.807) is 4.98 Å². The molecule has 2 unspecified atom stereocenters. The maximum atomic E-state index is 15.0. The van der Waals surface area contributed by atoms with E-state index < -0.39 is 77.5 Å². The van der Waals surface area contributed by atoms with Crippen molar-refractivity contribution >= 4 is 35.1 Å². The van der Waals surface area contributed by atoms with E-state index >= 15 is 8.78 Å². The first-order valence-corrected chi connectivity index (χ1v) is 13.3. The highest BCUT2D eigenvalue weighted by atomic mass is 35.5. The van der Waals surface area contributed by atoms with Crippen LogP contribution in [0, 0.1) is 0 Å². The molecule has 1 fully saturated rings. The summed E-state index contributed by atoms with van der Waals surface area (Å²) in [6.07, 6.45) is -5.07. The van der Waals surface area contributed by atoms with Gasteiger partial charge < -0.3 is 29.4 Å². The third kappa shape index (κ3) is 6.64. The first-order valence-electron chi connectivity index (χ1n) is 8.25. The molecule has 0 radical (unpaired) electrons. The average molecular weight is 567 g/mol. The quantitative estimate of drug-likeness (QED) is 0.158. The molecule has 1 aromatic heterocycles. The molecule has 1 aromatic rings. The van der Waals surface area contributed by atoms with Crippen LogP contribution >= 0.6 is 35.1 Å². The summed E-state index contributed by atoms with van der Waals surface area (Å²) >= 11 is 5.45. The van der Waals surface area contributed by atoms with Crippen LogP contribution in [0.3, 0.4) is 0 Å². The van der Waals surface area contributed by atoms with Crippen LogP contribution < -0.4 is 11.2 Å². The number of halogens is 3. The summed E-state index contributed by atoms with van der Waals surface area (Å²) in [6, 6.07) is 0.695. The number of aromatic amines is 1. The van der Waals surface area contributed by atoms with Crippen molar-refractivity contribution in [3.8, 4) is 0 Å². The minimum atomic E-state index is -5.89. The van der Waals surface area contributed by atoms with E-state index in [0.717, 1.165) is 0 Å². The fraction of sp³-hybridized carbons (Fsp3) is 0.636. The molecule has 1 aliphatic heterocycles. The fourth-order valence-electron chi connectivity index (χ4n) is 2.75. The van der Waals surface area contributed by atoms with Crippen LogP contribution in [0.2, 0.25) is 0 Å². The third-order valence-electron chi connectivity index (χ3n) is 4.10. The second kappa shape index (κ2) is 9.66. The number of hydrogen-bond donors (Lipinski definition) is 6. The fourth-order valence-corrected chi connectivity index (χ4v) is 6.05. The molecule has 6 N–H and O–H groups in total. The van der Waals surface area contributed by atoms with Gasteiger partial charge in [0.15, 0.2) is 5.60 Å². The molecule has 0 amide bonds. The van der Waals surface area contributed by atoms with Crippen molar-refractivity contribution in [2.24, 2.45) is 0 Å². The van der Waals surface area contributed by atoms with E-state index in [-0.39, 0.29) is 4.57 Å². The molecule has 2 heterocycles. The molecule has 1 aliphatic rings. The number of aliphatic hydroxyl groups is 1. The number of nitrogens with one attached hydrogen (secondary N) is 1. The van der Waals surface area contributed by atoms with Gasteiger partial charge in [0.25, 0.3) is 5.56 Å². The summed E-state index contributed by atoms with van der Waals surface area (Å²) in [5.41, 5.74) is -5.52. The summed E-state index contributed by atoms with van der Waals surface area (Å²) in [6.45, 7) is -1.44. The van der Waals surface area contributed by atoms with Gasteiger partial charge in [-0.1, -0.05) is 0 Å². The van der Waals surface area contributed by atoms with Crippen LogP contribution in [0.1, 0.15) is 12.6 Å². The highest BCUT2D eigenvalue weighted by molar-refractivity contribution is 7.66. The number of phosphoric acid groups is 3. The van der Waals surface area contributed by atoms with Crippen molar-refractivity contribution in [2.45, 2.75) is 30.3 Å². The molecule has 0 aromatic carbocycles. The van der Waals surface area contributed by atoms with Crippen molar-refractivity contribution in [1.29, 1.82) is 0 Å². The molecule has 190 valence electrons. The second-order valence-corrected chi connectivity index (χ2v) is 11.2. The van der Waals surface area contributed by atoms with Crippen molar-refractivity contribution in [2.75, 3.05) is 12.5 Å². The van der Waals surface area contributed by atoms with Gasteiger partial charge in [-0.3, -0.25) is 18.9 Å². The number of nitrogens with zero attached hydrogens (tertiary/aromatic N) is 1. The van der Waals surface area contributed by atoms with Crippen molar-refractivity contribution < 1.29 is 65.0 Å². The Kier molecular flexibility index (Phi) is 8.32. The number of alkyl halides is 3. The monoisotopic (exact) mass is 566 g/mol. The topological polar surface area (TPSA) is 244 Å². The highest BCUT2D eigenvalue weighted by Crippen LogP contribution is 2.66. The molecular formula is C11H16ClF2N2O14P3. The van der Waals surface area contributed by atoms with Crippen LogP contribution in [-0.2, 0) is 31.6 Å². The Labute approximate surface area is 186 Å². The molecule has 2 rings (SSSR count). The predicted octanol–water partition coefficient (Wildman–Crippen LogP) is -0.227. The Morgan fingerprint density at radius 2 is 1.76 bits per heavy atom. The number of ether oxygens (including phenoxy) is 1. The summed E-state index contributed by atoms with van der Waals surface area (Å²) in [4.78, 5) is 60.3. The molecule has 0 bridgehead atoms. The molecule has 1 saturated heterocycles. The van der Waals surface area contributed by atoms with Gasteiger partial charge in [0.2, 0.25) is 6.23 Å². The Morgan fingerprint density at radius 1 is 1.15 bits per heavy atom. The highest BCUT2D eigenvalue weighted by Gasteiger charge is 2.69. The smallest absolute Gasteiger partial charge is 0.381 e. The van der Waals surface area contributed by atoms with E-state index in [2.05, 4.69) is 13.1 Å². The predicted molar refractivity (Wildman–Crippen MR) is 100 cm³/mol. The number of hydrogen-bond acceptors (Lipinski definition) is 10. The SMILES string of the molecule is O=c1ccn([C@H]2O[C@H](COP(=O)(O)OP(=O)(O)OP(=O)(O)O)[C@](O)(CCCl)C2(F)F)c(=O)[nH]1. The molecule has 0 aliphatic carbocycles. The Hall–Kier alpha value is -0.840. The van der Waals surface area contributed by atoms with Gasteiger partial charge in [0, 0.05) is 18.1 Å². The van der Waals surface area contributed by atoms with Crippen LogP contribution in [-0.4, -0.2) is 64.3 Å².